The molecule has 12 heteroatoms. The molecule has 3 aromatic rings. The van der Waals surface area contributed by atoms with Gasteiger partial charge in [-0.3, -0.25) is 4.79 Å². The second-order valence-corrected chi connectivity index (χ2v) is 8.45. The van der Waals surface area contributed by atoms with E-state index in [0.717, 1.165) is 53.4 Å². The molecule has 0 aliphatic rings. The highest BCUT2D eigenvalue weighted by Gasteiger charge is 2.36. The molecule has 0 unspecified atom stereocenters. The minimum atomic E-state index is -4.84. The lowest BCUT2D eigenvalue weighted by Gasteiger charge is -2.29. The van der Waals surface area contributed by atoms with E-state index in [9.17, 15) is 41.0 Å². The van der Waals surface area contributed by atoms with Gasteiger partial charge < -0.3 is 14.7 Å². The Morgan fingerprint density at radius 1 is 0.892 bits per heavy atom. The van der Waals surface area contributed by atoms with Gasteiger partial charge >= 0.3 is 18.3 Å². The summed E-state index contributed by atoms with van der Waals surface area (Å²) < 4.78 is 85.1. The molecule has 0 saturated heterocycles. The van der Waals surface area contributed by atoms with Crippen molar-refractivity contribution in [3.05, 3.63) is 87.9 Å². The first-order valence-electron chi connectivity index (χ1n) is 10.5. The third-order valence-corrected chi connectivity index (χ3v) is 5.46. The number of aromatic carboxylic acids is 1. The van der Waals surface area contributed by atoms with Crippen molar-refractivity contribution >= 4 is 29.2 Å². The standard InChI is InChI=1S/C25H18ClF6NO4/c1-13(2)33(22(34)14-7-9-19(26)18(11-14)25(30,31)32)20-10-8-15(12-16(20)23(35)36)37-21-6-4-3-5-17(21)24(27,28)29/h3-13H,1-2H3,(H,35,36). The molecule has 196 valence electrons. The Kier molecular flexibility index (Phi) is 7.78. The Balaban J connectivity index is 2.06. The van der Waals surface area contributed by atoms with Crippen LogP contribution in [0.25, 0.3) is 0 Å². The van der Waals surface area contributed by atoms with Crippen LogP contribution in [0.5, 0.6) is 11.5 Å². The number of nitrogens with zero attached hydrogens (tertiary/aromatic N) is 1. The Bertz CT molecular complexity index is 1340. The molecule has 1 amide bonds. The third-order valence-electron chi connectivity index (χ3n) is 5.13. The summed E-state index contributed by atoms with van der Waals surface area (Å²) >= 11 is 5.63. The Labute approximate surface area is 211 Å². The molecular weight excluding hydrogens is 528 g/mol. The van der Waals surface area contributed by atoms with Crippen molar-refractivity contribution in [3.63, 3.8) is 0 Å². The lowest BCUT2D eigenvalue weighted by atomic mass is 10.1. The first-order valence-corrected chi connectivity index (χ1v) is 10.9. The average molecular weight is 546 g/mol. The van der Waals surface area contributed by atoms with E-state index in [1.165, 1.54) is 19.9 Å². The van der Waals surface area contributed by atoms with Gasteiger partial charge in [0.1, 0.15) is 11.5 Å². The normalized spacial score (nSPS) is 11.9. The number of amides is 1. The van der Waals surface area contributed by atoms with Crippen molar-refractivity contribution in [1.82, 2.24) is 0 Å². The van der Waals surface area contributed by atoms with Gasteiger partial charge in [0.25, 0.3) is 5.91 Å². The van der Waals surface area contributed by atoms with Gasteiger partial charge in [-0.05, 0) is 62.4 Å². The van der Waals surface area contributed by atoms with Crippen molar-refractivity contribution in [2.24, 2.45) is 0 Å². The van der Waals surface area contributed by atoms with Crippen molar-refractivity contribution in [3.8, 4) is 11.5 Å². The van der Waals surface area contributed by atoms with Crippen LogP contribution in [-0.2, 0) is 12.4 Å². The summed E-state index contributed by atoms with van der Waals surface area (Å²) in [5, 5.41) is 9.15. The van der Waals surface area contributed by atoms with Crippen LogP contribution in [0.1, 0.15) is 45.7 Å². The van der Waals surface area contributed by atoms with Crippen LogP contribution in [0.2, 0.25) is 5.02 Å². The number of alkyl halides is 6. The van der Waals surface area contributed by atoms with Crippen LogP contribution in [0.4, 0.5) is 32.0 Å². The molecule has 0 aliphatic carbocycles. The average Bonchev–Trinajstić information content (AvgIpc) is 2.78. The molecular formula is C25H18ClF6NO4. The van der Waals surface area contributed by atoms with E-state index in [2.05, 4.69) is 0 Å². The van der Waals surface area contributed by atoms with Gasteiger partial charge in [-0.1, -0.05) is 23.7 Å². The molecule has 0 aliphatic heterocycles. The predicted molar refractivity (Wildman–Crippen MR) is 123 cm³/mol. The summed E-state index contributed by atoms with van der Waals surface area (Å²) in [6.07, 6.45) is -9.57. The summed E-state index contributed by atoms with van der Waals surface area (Å²) in [4.78, 5) is 26.2. The molecule has 0 spiro atoms. The van der Waals surface area contributed by atoms with Crippen molar-refractivity contribution in [2.75, 3.05) is 4.90 Å². The fourth-order valence-corrected chi connectivity index (χ4v) is 3.74. The van der Waals surface area contributed by atoms with E-state index in [1.807, 2.05) is 0 Å². The molecule has 1 N–H and O–H groups in total. The first kappa shape index (κ1) is 27.9. The van der Waals surface area contributed by atoms with Crippen LogP contribution in [0.15, 0.2) is 60.7 Å². The van der Waals surface area contributed by atoms with Gasteiger partial charge in [0.05, 0.1) is 27.4 Å². The van der Waals surface area contributed by atoms with Gasteiger partial charge in [-0.25, -0.2) is 4.79 Å². The van der Waals surface area contributed by atoms with Gasteiger partial charge in [0.2, 0.25) is 0 Å². The number of rotatable bonds is 6. The monoisotopic (exact) mass is 545 g/mol. The van der Waals surface area contributed by atoms with E-state index in [4.69, 9.17) is 16.3 Å². The number of halogens is 7. The molecule has 0 saturated carbocycles. The minimum absolute atomic E-state index is 0.201. The molecule has 0 heterocycles. The lowest BCUT2D eigenvalue weighted by molar-refractivity contribution is -0.139. The predicted octanol–water partition coefficient (Wildman–Crippen LogP) is 7.92. The fraction of sp³-hybridized carbons (Fsp3) is 0.200. The first-order chi connectivity index (χ1) is 17.1. The van der Waals surface area contributed by atoms with Crippen LogP contribution in [0, 0.1) is 0 Å². The minimum Gasteiger partial charge on any atom is -0.478 e. The molecule has 0 bridgehead atoms. The topological polar surface area (TPSA) is 66.8 Å². The van der Waals surface area contributed by atoms with Gasteiger partial charge in [-0.2, -0.15) is 26.3 Å². The molecule has 5 nitrogen and oxygen atoms in total. The maximum Gasteiger partial charge on any atom is 0.419 e. The Hall–Kier alpha value is -3.73. The summed E-state index contributed by atoms with van der Waals surface area (Å²) in [7, 11) is 0. The van der Waals surface area contributed by atoms with Gasteiger partial charge in [-0.15, -0.1) is 0 Å². The molecule has 3 aromatic carbocycles. The second-order valence-electron chi connectivity index (χ2n) is 8.04. The van der Waals surface area contributed by atoms with Crippen LogP contribution in [-0.4, -0.2) is 23.0 Å². The van der Waals surface area contributed by atoms with E-state index in [1.54, 1.807) is 0 Å². The van der Waals surface area contributed by atoms with E-state index in [-0.39, 0.29) is 11.4 Å². The molecule has 0 aromatic heterocycles. The number of ether oxygens (including phenoxy) is 1. The number of carbonyl (C=O) groups is 2. The molecule has 0 atom stereocenters. The zero-order chi connectivity index (χ0) is 27.7. The SMILES string of the molecule is CC(C)N(C(=O)c1ccc(Cl)c(C(F)(F)F)c1)c1ccc(Oc2ccccc2C(F)(F)F)cc1C(=O)O. The molecule has 37 heavy (non-hydrogen) atoms. The van der Waals surface area contributed by atoms with Gasteiger partial charge in [0.15, 0.2) is 0 Å². The maximum absolute atomic E-state index is 13.3. The largest absolute Gasteiger partial charge is 0.478 e. The number of para-hydroxylation sites is 1. The Morgan fingerprint density at radius 2 is 1.51 bits per heavy atom. The van der Waals surface area contributed by atoms with Gasteiger partial charge in [0, 0.05) is 11.6 Å². The van der Waals surface area contributed by atoms with Crippen molar-refractivity contribution < 1.29 is 45.8 Å². The van der Waals surface area contributed by atoms with E-state index in [0.29, 0.717) is 6.07 Å². The quantitative estimate of drug-likeness (QED) is 0.319. The second kappa shape index (κ2) is 10.3. The number of carboxylic acids is 1. The summed E-state index contributed by atoms with van der Waals surface area (Å²) in [5.41, 5.74) is -3.45. The molecule has 0 fully saturated rings. The maximum atomic E-state index is 13.3. The number of carbonyl (C=O) groups excluding carboxylic acids is 1. The third kappa shape index (κ3) is 6.16. The van der Waals surface area contributed by atoms with Crippen molar-refractivity contribution in [2.45, 2.75) is 32.2 Å². The number of hydrogen-bond donors (Lipinski definition) is 1. The number of hydrogen-bond acceptors (Lipinski definition) is 3. The van der Waals surface area contributed by atoms with E-state index < -0.39 is 63.3 Å². The van der Waals surface area contributed by atoms with Crippen LogP contribution >= 0.6 is 11.6 Å². The highest BCUT2D eigenvalue weighted by molar-refractivity contribution is 6.31. The summed E-state index contributed by atoms with van der Waals surface area (Å²) in [6.45, 7) is 3.02. The smallest absolute Gasteiger partial charge is 0.419 e. The highest BCUT2D eigenvalue weighted by atomic mass is 35.5. The lowest BCUT2D eigenvalue weighted by Crippen LogP contribution is -2.38. The Morgan fingerprint density at radius 3 is 2.08 bits per heavy atom. The number of anilines is 1. The summed E-state index contributed by atoms with van der Waals surface area (Å²) in [6, 6.07) is 9.34. The number of carboxylic acid groups (broad SMARTS) is 1. The molecule has 0 radical (unpaired) electrons. The number of benzene rings is 3. The van der Waals surface area contributed by atoms with Crippen LogP contribution < -0.4 is 9.64 Å². The van der Waals surface area contributed by atoms with Crippen molar-refractivity contribution in [1.29, 1.82) is 0 Å². The zero-order valence-corrected chi connectivity index (χ0v) is 19.9. The zero-order valence-electron chi connectivity index (χ0n) is 19.1. The van der Waals surface area contributed by atoms with Crippen LogP contribution in [0.3, 0.4) is 0 Å². The summed E-state index contributed by atoms with van der Waals surface area (Å²) in [5.74, 6) is -3.33. The molecule has 3 rings (SSSR count). The fourth-order valence-electron chi connectivity index (χ4n) is 3.51. The highest BCUT2D eigenvalue weighted by Crippen LogP contribution is 2.39. The van der Waals surface area contributed by atoms with E-state index >= 15 is 0 Å².